The summed E-state index contributed by atoms with van der Waals surface area (Å²) in [6, 6.07) is 77.5. The molecule has 3 nitrogen and oxygen atoms in total. The average molecular weight is 777 g/mol. The first kappa shape index (κ1) is 34.9. The van der Waals surface area contributed by atoms with Crippen LogP contribution in [0.25, 0.3) is 122 Å². The Labute approximate surface area is 352 Å². The van der Waals surface area contributed by atoms with Crippen LogP contribution in [0.15, 0.2) is 223 Å². The highest BCUT2D eigenvalue weighted by Crippen LogP contribution is 2.41. The van der Waals surface area contributed by atoms with E-state index in [1.165, 1.54) is 43.4 Å². The number of rotatable bonds is 6. The second-order valence-electron chi connectivity index (χ2n) is 15.7. The second-order valence-corrected chi connectivity index (χ2v) is 15.7. The molecule has 0 spiro atoms. The lowest BCUT2D eigenvalue weighted by atomic mass is 9.89. The van der Waals surface area contributed by atoms with Gasteiger partial charge >= 0.3 is 0 Å². The van der Waals surface area contributed by atoms with Crippen molar-refractivity contribution in [1.29, 1.82) is 0 Å². The summed E-state index contributed by atoms with van der Waals surface area (Å²) < 4.78 is 6.46. The molecule has 0 bridgehead atoms. The summed E-state index contributed by atoms with van der Waals surface area (Å²) in [5.41, 5.74) is 13.3. The minimum absolute atomic E-state index is 0.671. The molecule has 0 radical (unpaired) electrons. The maximum absolute atomic E-state index is 6.46. The molecule has 0 saturated heterocycles. The summed E-state index contributed by atoms with van der Waals surface area (Å²) in [7, 11) is 0. The highest BCUT2D eigenvalue weighted by molar-refractivity contribution is 6.20. The number of hydrogen-bond acceptors (Lipinski definition) is 3. The predicted octanol–water partition coefficient (Wildman–Crippen LogP) is 15.8. The smallest absolute Gasteiger partial charge is 0.160 e. The van der Waals surface area contributed by atoms with E-state index in [1.54, 1.807) is 0 Å². The molecule has 12 aromatic rings. The SMILES string of the molecule is c1ccc(-c2ccc(-c3cc(-c4cccc(-c5cccc6c5oc5ccccc56)c4)nc(-c4ccc(-c5c6ccccc6cc6c5ccc5ccccc56)cc4)n3)cc2)cc1. The lowest BCUT2D eigenvalue weighted by molar-refractivity contribution is 0.670. The van der Waals surface area contributed by atoms with E-state index in [9.17, 15) is 0 Å². The van der Waals surface area contributed by atoms with Gasteiger partial charge in [0.05, 0.1) is 11.4 Å². The zero-order valence-electron chi connectivity index (χ0n) is 33.1. The number of hydrogen-bond donors (Lipinski definition) is 0. The molecule has 0 aliphatic heterocycles. The van der Waals surface area contributed by atoms with Gasteiger partial charge in [-0.2, -0.15) is 0 Å². The van der Waals surface area contributed by atoms with Crippen LogP contribution in [-0.4, -0.2) is 9.97 Å². The van der Waals surface area contributed by atoms with E-state index in [-0.39, 0.29) is 0 Å². The number of benzene rings is 10. The summed E-state index contributed by atoms with van der Waals surface area (Å²) >= 11 is 0. The van der Waals surface area contributed by atoms with Crippen LogP contribution in [0.4, 0.5) is 0 Å². The minimum Gasteiger partial charge on any atom is -0.455 e. The fraction of sp³-hybridized carbons (Fsp3) is 0. The Bertz CT molecular complexity index is 3620. The van der Waals surface area contributed by atoms with Gasteiger partial charge in [0.15, 0.2) is 5.82 Å². The number of fused-ring (bicyclic) bond motifs is 7. The zero-order valence-corrected chi connectivity index (χ0v) is 33.1. The van der Waals surface area contributed by atoms with Crippen LogP contribution < -0.4 is 0 Å². The largest absolute Gasteiger partial charge is 0.455 e. The number of para-hydroxylation sites is 2. The van der Waals surface area contributed by atoms with Gasteiger partial charge in [-0.05, 0) is 84.4 Å². The Morgan fingerprint density at radius 1 is 0.295 bits per heavy atom. The van der Waals surface area contributed by atoms with Crippen LogP contribution in [0.1, 0.15) is 0 Å². The third-order valence-corrected chi connectivity index (χ3v) is 12.1. The van der Waals surface area contributed by atoms with Crippen LogP contribution >= 0.6 is 0 Å². The third-order valence-electron chi connectivity index (χ3n) is 12.1. The Hall–Kier alpha value is -8.14. The van der Waals surface area contributed by atoms with E-state index < -0.39 is 0 Å². The van der Waals surface area contributed by atoms with Gasteiger partial charge < -0.3 is 4.42 Å². The first-order valence-corrected chi connectivity index (χ1v) is 20.7. The summed E-state index contributed by atoms with van der Waals surface area (Å²) in [5, 5.41) is 9.68. The maximum atomic E-state index is 6.46. The lowest BCUT2D eigenvalue weighted by Crippen LogP contribution is -1.96. The van der Waals surface area contributed by atoms with Crippen molar-refractivity contribution in [3.05, 3.63) is 218 Å². The molecule has 0 unspecified atom stereocenters. The van der Waals surface area contributed by atoms with Crippen LogP contribution in [0.5, 0.6) is 0 Å². The van der Waals surface area contributed by atoms with Crippen LogP contribution in [0.3, 0.4) is 0 Å². The molecular formula is C58H36N2O. The molecule has 2 aromatic heterocycles. The quantitative estimate of drug-likeness (QED) is 0.125. The van der Waals surface area contributed by atoms with Crippen LogP contribution in [0.2, 0.25) is 0 Å². The van der Waals surface area contributed by atoms with Gasteiger partial charge in [-0.25, -0.2) is 9.97 Å². The van der Waals surface area contributed by atoms with E-state index in [0.717, 1.165) is 72.3 Å². The Kier molecular flexibility index (Phi) is 8.17. The molecule has 284 valence electrons. The molecular weight excluding hydrogens is 741 g/mol. The topological polar surface area (TPSA) is 38.9 Å². The first-order valence-electron chi connectivity index (χ1n) is 20.7. The van der Waals surface area contributed by atoms with Gasteiger partial charge in [-0.3, -0.25) is 0 Å². The van der Waals surface area contributed by atoms with Gasteiger partial charge in [-0.15, -0.1) is 0 Å². The van der Waals surface area contributed by atoms with Crippen LogP contribution in [-0.2, 0) is 0 Å². The third kappa shape index (κ3) is 6.06. The van der Waals surface area contributed by atoms with Crippen molar-refractivity contribution in [2.75, 3.05) is 0 Å². The van der Waals surface area contributed by atoms with E-state index in [1.807, 2.05) is 18.2 Å². The van der Waals surface area contributed by atoms with Crippen molar-refractivity contribution >= 4 is 54.3 Å². The molecule has 0 saturated carbocycles. The predicted molar refractivity (Wildman–Crippen MR) is 254 cm³/mol. The van der Waals surface area contributed by atoms with E-state index in [0.29, 0.717) is 5.82 Å². The standard InChI is InChI=1S/C58H36N2O/c1-2-12-37(13-3-1)38-24-26-40(27-25-38)53-36-54(45-17-10-16-43(34-45)48-21-11-22-51-49-20-8-9-23-55(49)61-57(48)51)60-58(59-53)42-30-28-41(29-31-42)56-47-19-7-5-15-44(47)35-52-46-18-6-4-14-39(46)32-33-50(52)56/h1-36H. The van der Waals surface area contributed by atoms with E-state index in [2.05, 4.69) is 200 Å². The van der Waals surface area contributed by atoms with E-state index in [4.69, 9.17) is 14.4 Å². The Balaban J connectivity index is 0.995. The molecule has 0 amide bonds. The van der Waals surface area contributed by atoms with Crippen molar-refractivity contribution in [2.24, 2.45) is 0 Å². The molecule has 10 aromatic carbocycles. The summed E-state index contributed by atoms with van der Waals surface area (Å²) in [4.78, 5) is 10.6. The van der Waals surface area contributed by atoms with E-state index >= 15 is 0 Å². The second kappa shape index (κ2) is 14.3. The zero-order chi connectivity index (χ0) is 40.3. The molecule has 3 heteroatoms. The van der Waals surface area contributed by atoms with Crippen molar-refractivity contribution in [3.8, 4) is 67.3 Å². The van der Waals surface area contributed by atoms with Crippen molar-refractivity contribution in [1.82, 2.24) is 9.97 Å². The minimum atomic E-state index is 0.671. The number of aromatic nitrogens is 2. The number of nitrogens with zero attached hydrogens (tertiary/aromatic N) is 2. The molecule has 0 atom stereocenters. The number of furan rings is 1. The fourth-order valence-corrected chi connectivity index (χ4v) is 9.07. The van der Waals surface area contributed by atoms with Gasteiger partial charge in [0.2, 0.25) is 0 Å². The normalized spacial score (nSPS) is 11.6. The highest BCUT2D eigenvalue weighted by Gasteiger charge is 2.17. The van der Waals surface area contributed by atoms with Crippen molar-refractivity contribution in [2.45, 2.75) is 0 Å². The highest BCUT2D eigenvalue weighted by atomic mass is 16.3. The molecule has 0 aliphatic rings. The monoisotopic (exact) mass is 776 g/mol. The summed E-state index contributed by atoms with van der Waals surface area (Å²) in [5.74, 6) is 0.671. The Morgan fingerprint density at radius 3 is 1.72 bits per heavy atom. The molecule has 0 aliphatic carbocycles. The van der Waals surface area contributed by atoms with Crippen LogP contribution in [0, 0.1) is 0 Å². The molecule has 2 heterocycles. The first-order chi connectivity index (χ1) is 30.2. The maximum Gasteiger partial charge on any atom is 0.160 e. The van der Waals surface area contributed by atoms with Gasteiger partial charge in [0.1, 0.15) is 11.2 Å². The van der Waals surface area contributed by atoms with Crippen molar-refractivity contribution in [3.63, 3.8) is 0 Å². The van der Waals surface area contributed by atoms with Gasteiger partial charge in [0, 0.05) is 33.0 Å². The average Bonchev–Trinajstić information content (AvgIpc) is 3.73. The van der Waals surface area contributed by atoms with Gasteiger partial charge in [0.25, 0.3) is 0 Å². The molecule has 0 N–H and O–H groups in total. The molecule has 0 fully saturated rings. The summed E-state index contributed by atoms with van der Waals surface area (Å²) in [6.07, 6.45) is 0. The van der Waals surface area contributed by atoms with Gasteiger partial charge in [-0.1, -0.05) is 194 Å². The Morgan fingerprint density at radius 2 is 0.885 bits per heavy atom. The van der Waals surface area contributed by atoms with Crippen molar-refractivity contribution < 1.29 is 4.42 Å². The summed E-state index contributed by atoms with van der Waals surface area (Å²) in [6.45, 7) is 0. The molecule has 61 heavy (non-hydrogen) atoms. The fourth-order valence-electron chi connectivity index (χ4n) is 9.07. The molecule has 12 rings (SSSR count). The lowest BCUT2D eigenvalue weighted by Gasteiger charge is -2.15.